The van der Waals surface area contributed by atoms with Crippen molar-refractivity contribution in [1.82, 2.24) is 10.2 Å². The van der Waals surface area contributed by atoms with Crippen LogP contribution in [0.5, 0.6) is 5.75 Å². The molecule has 0 aliphatic rings. The fourth-order valence-electron chi connectivity index (χ4n) is 4.56. The highest BCUT2D eigenvalue weighted by molar-refractivity contribution is 7.98. The smallest absolute Gasteiger partial charge is 0.264 e. The number of hydrogen-bond acceptors (Lipinski definition) is 6. The number of hydrogen-bond donors (Lipinski definition) is 1. The van der Waals surface area contributed by atoms with E-state index in [2.05, 4.69) is 5.32 Å². The van der Waals surface area contributed by atoms with Crippen molar-refractivity contribution < 1.29 is 22.7 Å². The molecule has 3 aromatic rings. The van der Waals surface area contributed by atoms with Crippen molar-refractivity contribution in [3.8, 4) is 5.75 Å². The standard InChI is InChI=1S/C32H39Cl2N3O5S2/c1-7-27(31(39)35-32(3,4)5)36(20-24-25(33)12-11-13-26(24)34)30(38)21-37(28-14-9-10-15-29(28)42-8-2)44(40,41)23-18-16-22(43-6)17-19-23/h9-19,27H,7-8,20-21H2,1-6H3,(H,35,39)/t27-/m1/s1. The van der Waals surface area contributed by atoms with Crippen LogP contribution in [0.3, 0.4) is 0 Å². The number of halogens is 2. The molecule has 2 amide bonds. The average Bonchev–Trinajstić information content (AvgIpc) is 2.96. The molecule has 3 aromatic carbocycles. The van der Waals surface area contributed by atoms with Gasteiger partial charge >= 0.3 is 0 Å². The van der Waals surface area contributed by atoms with Crippen LogP contribution in [0, 0.1) is 0 Å². The number of thioether (sulfide) groups is 1. The van der Waals surface area contributed by atoms with Crippen molar-refractivity contribution in [1.29, 1.82) is 0 Å². The second-order valence-electron chi connectivity index (χ2n) is 11.0. The van der Waals surface area contributed by atoms with Crippen LogP contribution in [0.1, 0.15) is 46.6 Å². The topological polar surface area (TPSA) is 96.0 Å². The molecule has 0 unspecified atom stereocenters. The van der Waals surface area contributed by atoms with Crippen LogP contribution >= 0.6 is 35.0 Å². The summed E-state index contributed by atoms with van der Waals surface area (Å²) >= 11 is 14.5. The van der Waals surface area contributed by atoms with Crippen molar-refractivity contribution in [2.24, 2.45) is 0 Å². The monoisotopic (exact) mass is 679 g/mol. The van der Waals surface area contributed by atoms with Crippen LogP contribution < -0.4 is 14.4 Å². The number of rotatable bonds is 13. The van der Waals surface area contributed by atoms with Crippen LogP contribution in [0.25, 0.3) is 0 Å². The van der Waals surface area contributed by atoms with Gasteiger partial charge in [-0.1, -0.05) is 48.3 Å². The molecule has 12 heteroatoms. The normalized spacial score (nSPS) is 12.4. The van der Waals surface area contributed by atoms with Crippen LogP contribution in [0.2, 0.25) is 10.0 Å². The Morgan fingerprint density at radius 2 is 1.57 bits per heavy atom. The molecule has 0 heterocycles. The zero-order chi connectivity index (χ0) is 32.7. The van der Waals surface area contributed by atoms with Crippen LogP contribution in [-0.2, 0) is 26.2 Å². The molecule has 0 aromatic heterocycles. The highest BCUT2D eigenvalue weighted by atomic mass is 35.5. The summed E-state index contributed by atoms with van der Waals surface area (Å²) in [6, 6.07) is 17.1. The Morgan fingerprint density at radius 3 is 2.11 bits per heavy atom. The Balaban J connectivity index is 2.17. The number of carbonyl (C=O) groups excluding carboxylic acids is 2. The van der Waals surface area contributed by atoms with Gasteiger partial charge in [0.25, 0.3) is 10.0 Å². The maximum Gasteiger partial charge on any atom is 0.264 e. The SMILES string of the molecule is CCOc1ccccc1N(CC(=O)N(Cc1c(Cl)cccc1Cl)[C@H](CC)C(=O)NC(C)(C)C)S(=O)(=O)c1ccc(SC)cc1. The van der Waals surface area contributed by atoms with Crippen molar-refractivity contribution >= 4 is 62.5 Å². The molecule has 0 saturated carbocycles. The quantitative estimate of drug-likeness (QED) is 0.195. The Hall–Kier alpha value is -2.92. The summed E-state index contributed by atoms with van der Waals surface area (Å²) in [7, 11) is -4.28. The zero-order valence-corrected chi connectivity index (χ0v) is 28.9. The number of carbonyl (C=O) groups is 2. The number of nitrogens with one attached hydrogen (secondary N) is 1. The Bertz CT molecular complexity index is 1540. The van der Waals surface area contributed by atoms with E-state index in [0.717, 1.165) is 9.20 Å². The lowest BCUT2D eigenvalue weighted by molar-refractivity contribution is -0.141. The van der Waals surface area contributed by atoms with Gasteiger partial charge in [-0.3, -0.25) is 13.9 Å². The molecule has 0 bridgehead atoms. The molecule has 238 valence electrons. The molecule has 1 atom stereocenters. The van der Waals surface area contributed by atoms with Gasteiger partial charge in [0.1, 0.15) is 18.3 Å². The third-order valence-electron chi connectivity index (χ3n) is 6.63. The Morgan fingerprint density at radius 1 is 0.955 bits per heavy atom. The minimum atomic E-state index is -4.28. The van der Waals surface area contributed by atoms with E-state index in [9.17, 15) is 18.0 Å². The van der Waals surface area contributed by atoms with Crippen LogP contribution in [0.4, 0.5) is 5.69 Å². The number of ether oxygens (including phenoxy) is 1. The van der Waals surface area contributed by atoms with Gasteiger partial charge in [-0.2, -0.15) is 0 Å². The number of para-hydroxylation sites is 2. The summed E-state index contributed by atoms with van der Waals surface area (Å²) in [6.07, 6.45) is 2.15. The van der Waals surface area contributed by atoms with Gasteiger partial charge in [0.2, 0.25) is 11.8 Å². The van der Waals surface area contributed by atoms with Gasteiger partial charge in [-0.25, -0.2) is 8.42 Å². The maximum absolute atomic E-state index is 14.4. The minimum absolute atomic E-state index is 0.00705. The lowest BCUT2D eigenvalue weighted by Crippen LogP contribution is -2.55. The van der Waals surface area contributed by atoms with E-state index in [4.69, 9.17) is 27.9 Å². The summed E-state index contributed by atoms with van der Waals surface area (Å²) < 4.78 is 35.3. The molecule has 0 radical (unpaired) electrons. The van der Waals surface area contributed by atoms with Crippen molar-refractivity contribution in [3.63, 3.8) is 0 Å². The fourth-order valence-corrected chi connectivity index (χ4v) is 6.91. The summed E-state index contributed by atoms with van der Waals surface area (Å²) in [4.78, 5) is 30.2. The lowest BCUT2D eigenvalue weighted by Gasteiger charge is -2.35. The van der Waals surface area contributed by atoms with Gasteiger partial charge in [-0.05, 0) is 88.9 Å². The van der Waals surface area contributed by atoms with Crippen molar-refractivity contribution in [2.75, 3.05) is 23.7 Å². The molecule has 1 N–H and O–H groups in total. The number of nitrogens with zero attached hydrogens (tertiary/aromatic N) is 2. The molecule has 44 heavy (non-hydrogen) atoms. The first-order chi connectivity index (χ1) is 20.7. The largest absolute Gasteiger partial charge is 0.492 e. The van der Waals surface area contributed by atoms with Gasteiger partial charge in [-0.15, -0.1) is 11.8 Å². The predicted molar refractivity (Wildman–Crippen MR) is 179 cm³/mol. The molecule has 0 saturated heterocycles. The van der Waals surface area contributed by atoms with Crippen molar-refractivity contribution in [3.05, 3.63) is 82.3 Å². The number of amides is 2. The zero-order valence-electron chi connectivity index (χ0n) is 25.8. The molecule has 8 nitrogen and oxygen atoms in total. The molecule has 0 aliphatic carbocycles. The minimum Gasteiger partial charge on any atom is -0.492 e. The lowest BCUT2D eigenvalue weighted by atomic mass is 10.1. The van der Waals surface area contributed by atoms with Gasteiger partial charge in [0, 0.05) is 32.6 Å². The summed E-state index contributed by atoms with van der Waals surface area (Å²) in [6.45, 7) is 8.66. The predicted octanol–water partition coefficient (Wildman–Crippen LogP) is 7.03. The van der Waals surface area contributed by atoms with E-state index in [1.807, 2.05) is 27.0 Å². The highest BCUT2D eigenvalue weighted by Crippen LogP contribution is 2.34. The van der Waals surface area contributed by atoms with Gasteiger partial charge in [0.15, 0.2) is 0 Å². The average molecular weight is 681 g/mol. The molecule has 0 aliphatic heterocycles. The number of benzene rings is 3. The fraction of sp³-hybridized carbons (Fsp3) is 0.375. The van der Waals surface area contributed by atoms with E-state index >= 15 is 0 Å². The van der Waals surface area contributed by atoms with Crippen LogP contribution in [-0.4, -0.2) is 56.1 Å². The first kappa shape index (κ1) is 35.6. The molecule has 3 rings (SSSR count). The molecular weight excluding hydrogens is 641 g/mol. The first-order valence-electron chi connectivity index (χ1n) is 14.2. The second-order valence-corrected chi connectivity index (χ2v) is 14.5. The van der Waals surface area contributed by atoms with Gasteiger partial charge in [0.05, 0.1) is 17.2 Å². The number of anilines is 1. The third kappa shape index (κ3) is 8.84. The Kier molecular flexibility index (Phi) is 12.4. The molecule has 0 fully saturated rings. The molecule has 0 spiro atoms. The number of sulfonamides is 1. The third-order valence-corrected chi connectivity index (χ3v) is 9.86. The highest BCUT2D eigenvalue weighted by Gasteiger charge is 2.36. The second kappa shape index (κ2) is 15.4. The van der Waals surface area contributed by atoms with E-state index in [1.54, 1.807) is 68.4 Å². The Labute approximate surface area is 275 Å². The molecular formula is C32H39Cl2N3O5S2. The van der Waals surface area contributed by atoms with Gasteiger partial charge < -0.3 is 15.0 Å². The van der Waals surface area contributed by atoms with E-state index in [0.29, 0.717) is 21.4 Å². The van der Waals surface area contributed by atoms with Crippen LogP contribution in [0.15, 0.2) is 76.5 Å². The van der Waals surface area contributed by atoms with E-state index in [-0.39, 0.29) is 36.1 Å². The summed E-state index contributed by atoms with van der Waals surface area (Å²) in [5.41, 5.74) is 0.0678. The van der Waals surface area contributed by atoms with Crippen molar-refractivity contribution in [2.45, 2.75) is 69.0 Å². The summed E-state index contributed by atoms with van der Waals surface area (Å²) in [5.74, 6) is -0.703. The van der Waals surface area contributed by atoms with E-state index < -0.39 is 34.1 Å². The first-order valence-corrected chi connectivity index (χ1v) is 17.6. The maximum atomic E-state index is 14.4. The summed E-state index contributed by atoms with van der Waals surface area (Å²) in [5, 5.41) is 3.59. The van der Waals surface area contributed by atoms with E-state index in [1.165, 1.54) is 28.8 Å².